The minimum absolute atomic E-state index is 0.0486. The van der Waals surface area contributed by atoms with E-state index < -0.39 is 37.0 Å². The molecule has 0 heterocycles. The molecule has 0 aromatic rings. The molecule has 0 atom stereocenters. The zero-order valence-electron chi connectivity index (χ0n) is 11.6. The summed E-state index contributed by atoms with van der Waals surface area (Å²) in [6.07, 6.45) is -0.244. The number of aliphatic carboxylic acids is 1. The lowest BCUT2D eigenvalue weighted by molar-refractivity contribution is -0.145. The van der Waals surface area contributed by atoms with E-state index >= 15 is 0 Å². The number of carbonyl (C=O) groups is 4. The van der Waals surface area contributed by atoms with Crippen LogP contribution in [0, 0.1) is 0 Å². The molecule has 0 radical (unpaired) electrons. The van der Waals surface area contributed by atoms with Gasteiger partial charge < -0.3 is 24.4 Å². The molecule has 9 nitrogen and oxygen atoms in total. The Kier molecular flexibility index (Phi) is 7.71. The van der Waals surface area contributed by atoms with Crippen molar-refractivity contribution >= 4 is 23.9 Å². The molecule has 0 aliphatic carbocycles. The van der Waals surface area contributed by atoms with Crippen LogP contribution in [0.15, 0.2) is 0 Å². The Hall–Kier alpha value is -2.32. The highest BCUT2D eigenvalue weighted by molar-refractivity contribution is 5.85. The summed E-state index contributed by atoms with van der Waals surface area (Å²) >= 11 is 0. The second-order valence-electron chi connectivity index (χ2n) is 3.86. The summed E-state index contributed by atoms with van der Waals surface area (Å²) in [6.45, 7) is -0.906. The van der Waals surface area contributed by atoms with Gasteiger partial charge in [0, 0.05) is 13.6 Å². The van der Waals surface area contributed by atoms with Gasteiger partial charge in [-0.1, -0.05) is 0 Å². The quantitative estimate of drug-likeness (QED) is 0.608. The van der Waals surface area contributed by atoms with Crippen LogP contribution in [-0.4, -0.2) is 79.7 Å². The minimum Gasteiger partial charge on any atom is -0.481 e. The second-order valence-corrected chi connectivity index (χ2v) is 3.86. The van der Waals surface area contributed by atoms with Crippen LogP contribution in [0.2, 0.25) is 0 Å². The fourth-order valence-corrected chi connectivity index (χ4v) is 1.23. The molecular formula is C11H18N2O7. The smallest absolute Gasteiger partial charge is 0.325 e. The van der Waals surface area contributed by atoms with Crippen LogP contribution in [0.4, 0.5) is 4.79 Å². The van der Waals surface area contributed by atoms with Gasteiger partial charge in [-0.2, -0.15) is 0 Å². The molecule has 0 unspecified atom stereocenters. The van der Waals surface area contributed by atoms with Crippen molar-refractivity contribution in [2.45, 2.75) is 6.42 Å². The predicted molar refractivity (Wildman–Crippen MR) is 65.9 cm³/mol. The lowest BCUT2D eigenvalue weighted by atomic mass is 10.4. The lowest BCUT2D eigenvalue weighted by Crippen LogP contribution is -2.46. The zero-order chi connectivity index (χ0) is 15.7. The third kappa shape index (κ3) is 6.57. The SMILES string of the molecule is COC(=O)CN(CC(=O)OC)C(=O)N(C)CCC(=O)O. The highest BCUT2D eigenvalue weighted by Gasteiger charge is 2.24. The van der Waals surface area contributed by atoms with Gasteiger partial charge >= 0.3 is 23.9 Å². The molecule has 20 heavy (non-hydrogen) atoms. The fraction of sp³-hybridized carbons (Fsp3) is 0.636. The number of esters is 2. The molecule has 0 saturated heterocycles. The van der Waals surface area contributed by atoms with Crippen molar-refractivity contribution in [2.24, 2.45) is 0 Å². The molecule has 0 bridgehead atoms. The largest absolute Gasteiger partial charge is 0.481 e. The van der Waals surface area contributed by atoms with Crippen molar-refractivity contribution in [1.82, 2.24) is 9.80 Å². The van der Waals surface area contributed by atoms with Crippen LogP contribution >= 0.6 is 0 Å². The molecule has 0 aliphatic heterocycles. The Morgan fingerprint density at radius 3 is 1.80 bits per heavy atom. The molecule has 114 valence electrons. The van der Waals surface area contributed by atoms with E-state index in [4.69, 9.17) is 5.11 Å². The number of carboxylic acids is 1. The van der Waals surface area contributed by atoms with Gasteiger partial charge in [0.15, 0.2) is 0 Å². The summed E-state index contributed by atoms with van der Waals surface area (Å²) in [6, 6.07) is -0.665. The normalized spacial score (nSPS) is 9.55. The summed E-state index contributed by atoms with van der Waals surface area (Å²) in [7, 11) is 3.67. The van der Waals surface area contributed by atoms with E-state index in [0.29, 0.717) is 0 Å². The van der Waals surface area contributed by atoms with E-state index in [0.717, 1.165) is 24.0 Å². The van der Waals surface area contributed by atoms with Gasteiger partial charge in [-0.3, -0.25) is 14.4 Å². The zero-order valence-corrected chi connectivity index (χ0v) is 11.6. The number of hydrogen-bond donors (Lipinski definition) is 1. The maximum absolute atomic E-state index is 12.0. The van der Waals surface area contributed by atoms with Crippen molar-refractivity contribution < 1.29 is 33.8 Å². The molecular weight excluding hydrogens is 272 g/mol. The number of nitrogens with zero attached hydrogens (tertiary/aromatic N) is 2. The summed E-state index contributed by atoms with van der Waals surface area (Å²) in [5.41, 5.74) is 0. The number of rotatable bonds is 7. The molecule has 0 aromatic carbocycles. The van der Waals surface area contributed by atoms with Gasteiger partial charge in [0.2, 0.25) is 0 Å². The number of carboxylic acid groups (broad SMARTS) is 1. The Labute approximate surface area is 116 Å². The summed E-state index contributed by atoms with van der Waals surface area (Å²) < 4.78 is 8.85. The van der Waals surface area contributed by atoms with E-state index in [1.54, 1.807) is 0 Å². The lowest BCUT2D eigenvalue weighted by Gasteiger charge is -2.26. The van der Waals surface area contributed by atoms with Crippen LogP contribution in [0.25, 0.3) is 0 Å². The Balaban J connectivity index is 4.72. The number of ether oxygens (including phenoxy) is 2. The third-order valence-electron chi connectivity index (χ3n) is 2.35. The van der Waals surface area contributed by atoms with Gasteiger partial charge in [-0.25, -0.2) is 4.79 Å². The van der Waals surface area contributed by atoms with Crippen molar-refractivity contribution in [2.75, 3.05) is 40.9 Å². The number of methoxy groups -OCH3 is 2. The van der Waals surface area contributed by atoms with E-state index in [-0.39, 0.29) is 13.0 Å². The molecule has 0 rings (SSSR count). The van der Waals surface area contributed by atoms with E-state index in [1.807, 2.05) is 0 Å². The first-order chi connectivity index (χ1) is 9.31. The predicted octanol–water partition coefficient (Wildman–Crippen LogP) is -0.839. The van der Waals surface area contributed by atoms with Gasteiger partial charge in [-0.15, -0.1) is 0 Å². The summed E-state index contributed by atoms with van der Waals surface area (Å²) in [5.74, 6) is -2.46. The van der Waals surface area contributed by atoms with Crippen molar-refractivity contribution in [3.05, 3.63) is 0 Å². The van der Waals surface area contributed by atoms with E-state index in [1.165, 1.54) is 7.05 Å². The fourth-order valence-electron chi connectivity index (χ4n) is 1.23. The topological polar surface area (TPSA) is 113 Å². The van der Waals surface area contributed by atoms with Gasteiger partial charge in [0.25, 0.3) is 0 Å². The second kappa shape index (κ2) is 8.73. The maximum Gasteiger partial charge on any atom is 0.325 e. The van der Waals surface area contributed by atoms with Crippen LogP contribution in [-0.2, 0) is 23.9 Å². The van der Waals surface area contributed by atoms with Gasteiger partial charge in [0.1, 0.15) is 13.1 Å². The Morgan fingerprint density at radius 1 is 1.00 bits per heavy atom. The molecule has 2 amide bonds. The van der Waals surface area contributed by atoms with E-state index in [2.05, 4.69) is 9.47 Å². The highest BCUT2D eigenvalue weighted by Crippen LogP contribution is 2.00. The number of urea groups is 1. The van der Waals surface area contributed by atoms with Gasteiger partial charge in [0.05, 0.1) is 20.6 Å². The van der Waals surface area contributed by atoms with Crippen LogP contribution < -0.4 is 0 Å². The minimum atomic E-state index is -1.06. The standard InChI is InChI=1S/C11H18N2O7/c1-12(5-4-8(14)15)11(18)13(6-9(16)19-2)7-10(17)20-3/h4-7H2,1-3H3,(H,14,15). The summed E-state index contributed by atoms with van der Waals surface area (Å²) in [4.78, 5) is 46.9. The molecule has 9 heteroatoms. The first-order valence-corrected chi connectivity index (χ1v) is 5.67. The van der Waals surface area contributed by atoms with Crippen LogP contribution in [0.5, 0.6) is 0 Å². The van der Waals surface area contributed by atoms with E-state index in [9.17, 15) is 19.2 Å². The first-order valence-electron chi connectivity index (χ1n) is 5.67. The van der Waals surface area contributed by atoms with Crippen molar-refractivity contribution in [3.8, 4) is 0 Å². The maximum atomic E-state index is 12.0. The Morgan fingerprint density at radius 2 is 1.45 bits per heavy atom. The van der Waals surface area contributed by atoms with Crippen molar-refractivity contribution in [1.29, 1.82) is 0 Å². The first kappa shape index (κ1) is 17.7. The molecule has 1 N–H and O–H groups in total. The average molecular weight is 290 g/mol. The molecule has 0 spiro atoms. The van der Waals surface area contributed by atoms with Crippen LogP contribution in [0.1, 0.15) is 6.42 Å². The summed E-state index contributed by atoms with van der Waals surface area (Å²) in [5, 5.41) is 8.55. The third-order valence-corrected chi connectivity index (χ3v) is 2.35. The average Bonchev–Trinajstić information content (AvgIpc) is 2.42. The van der Waals surface area contributed by atoms with Crippen LogP contribution in [0.3, 0.4) is 0 Å². The molecule has 0 fully saturated rings. The van der Waals surface area contributed by atoms with Gasteiger partial charge in [-0.05, 0) is 0 Å². The molecule has 0 aromatic heterocycles. The molecule has 0 aliphatic rings. The molecule has 0 saturated carbocycles. The van der Waals surface area contributed by atoms with Crippen molar-refractivity contribution in [3.63, 3.8) is 0 Å². The number of amides is 2. The highest BCUT2D eigenvalue weighted by atomic mass is 16.5. The monoisotopic (exact) mass is 290 g/mol. The Bertz CT molecular complexity index is 365. The number of carbonyl (C=O) groups excluding carboxylic acids is 3. The number of hydrogen-bond acceptors (Lipinski definition) is 6.